The van der Waals surface area contributed by atoms with E-state index >= 15 is 0 Å². The zero-order valence-corrected chi connectivity index (χ0v) is 12.7. The molecule has 6 heteroatoms. The number of para-hydroxylation sites is 2. The van der Waals surface area contributed by atoms with Crippen LogP contribution >= 0.6 is 35.8 Å². The highest BCUT2D eigenvalue weighted by Gasteiger charge is 2.16. The smallest absolute Gasteiger partial charge is 0.161 e. The molecule has 1 aliphatic rings. The van der Waals surface area contributed by atoms with Crippen LogP contribution in [0.1, 0.15) is 12.8 Å². The van der Waals surface area contributed by atoms with Crippen molar-refractivity contribution in [1.82, 2.24) is 15.3 Å². The van der Waals surface area contributed by atoms with Crippen LogP contribution in [0.4, 0.5) is 0 Å². The van der Waals surface area contributed by atoms with Gasteiger partial charge in [-0.1, -0.05) is 23.7 Å². The van der Waals surface area contributed by atoms with Crippen LogP contribution < -0.4 is 5.32 Å². The van der Waals surface area contributed by atoms with Crippen molar-refractivity contribution in [3.63, 3.8) is 0 Å². The van der Waals surface area contributed by atoms with Crippen LogP contribution in [-0.4, -0.2) is 28.3 Å². The van der Waals surface area contributed by atoms with Gasteiger partial charge in [-0.15, -0.1) is 24.2 Å². The van der Waals surface area contributed by atoms with Crippen LogP contribution in [0.2, 0.25) is 5.15 Å². The molecule has 3 nitrogen and oxygen atoms in total. The first-order valence-electron chi connectivity index (χ1n) is 6.11. The van der Waals surface area contributed by atoms with E-state index < -0.39 is 0 Å². The Hall–Kier alpha value is -0.550. The van der Waals surface area contributed by atoms with Gasteiger partial charge in [0.25, 0.3) is 0 Å². The van der Waals surface area contributed by atoms with Crippen molar-refractivity contribution in [2.24, 2.45) is 0 Å². The molecule has 0 aliphatic carbocycles. The third-order valence-corrected chi connectivity index (χ3v) is 4.59. The van der Waals surface area contributed by atoms with E-state index in [0.717, 1.165) is 28.4 Å². The van der Waals surface area contributed by atoms with Gasteiger partial charge in [-0.25, -0.2) is 9.97 Å². The molecule has 3 rings (SSSR count). The number of nitrogens with one attached hydrogen (secondary N) is 1. The molecule has 102 valence electrons. The summed E-state index contributed by atoms with van der Waals surface area (Å²) in [7, 11) is 0. The lowest BCUT2D eigenvalue weighted by Gasteiger charge is -2.09. The summed E-state index contributed by atoms with van der Waals surface area (Å²) in [4.78, 5) is 8.96. The lowest BCUT2D eigenvalue weighted by atomic mass is 10.3. The minimum Gasteiger partial charge on any atom is -0.313 e. The van der Waals surface area contributed by atoms with Gasteiger partial charge in [0, 0.05) is 11.8 Å². The van der Waals surface area contributed by atoms with E-state index in [2.05, 4.69) is 15.3 Å². The van der Waals surface area contributed by atoms with Crippen molar-refractivity contribution < 1.29 is 0 Å². The van der Waals surface area contributed by atoms with Crippen molar-refractivity contribution in [2.45, 2.75) is 23.9 Å². The standard InChI is InChI=1S/C13H14ClN3S.ClH/c14-12-13(18-8-9-4-3-7-15-9)17-11-6-2-1-5-10(11)16-12;/h1-2,5-6,9,15H,3-4,7-8H2;1H. The number of benzene rings is 1. The summed E-state index contributed by atoms with van der Waals surface area (Å²) in [6.07, 6.45) is 2.51. The summed E-state index contributed by atoms with van der Waals surface area (Å²) in [5, 5.41) is 4.82. The predicted molar refractivity (Wildman–Crippen MR) is 83.5 cm³/mol. The lowest BCUT2D eigenvalue weighted by Crippen LogP contribution is -2.23. The molecule has 1 saturated heterocycles. The molecule has 19 heavy (non-hydrogen) atoms. The number of hydrogen-bond acceptors (Lipinski definition) is 4. The average molecular weight is 316 g/mol. The molecule has 1 fully saturated rings. The molecule has 1 atom stereocenters. The van der Waals surface area contributed by atoms with Crippen molar-refractivity contribution in [3.05, 3.63) is 29.4 Å². The molecule has 2 aromatic rings. The quantitative estimate of drug-likeness (QED) is 0.879. The second-order valence-electron chi connectivity index (χ2n) is 4.41. The maximum atomic E-state index is 6.17. The molecule has 0 radical (unpaired) electrons. The number of hydrogen-bond donors (Lipinski definition) is 1. The number of rotatable bonds is 3. The van der Waals surface area contributed by atoms with Gasteiger partial charge in [-0.2, -0.15) is 0 Å². The van der Waals surface area contributed by atoms with Gasteiger partial charge in [-0.05, 0) is 31.5 Å². The maximum absolute atomic E-state index is 6.17. The molecule has 1 N–H and O–H groups in total. The number of fused-ring (bicyclic) bond motifs is 1. The molecule has 1 unspecified atom stereocenters. The SMILES string of the molecule is Cl.Clc1nc2ccccc2nc1SCC1CCCN1. The zero-order chi connectivity index (χ0) is 12.4. The third-order valence-electron chi connectivity index (χ3n) is 3.08. The highest BCUT2D eigenvalue weighted by molar-refractivity contribution is 7.99. The van der Waals surface area contributed by atoms with E-state index in [0.29, 0.717) is 11.2 Å². The Morgan fingerprint density at radius 3 is 2.68 bits per heavy atom. The number of thioether (sulfide) groups is 1. The van der Waals surface area contributed by atoms with E-state index in [-0.39, 0.29) is 12.4 Å². The minimum atomic E-state index is 0. The lowest BCUT2D eigenvalue weighted by molar-refractivity contribution is 0.673. The summed E-state index contributed by atoms with van der Waals surface area (Å²) in [5.74, 6) is 1.01. The second-order valence-corrected chi connectivity index (χ2v) is 5.78. The summed E-state index contributed by atoms with van der Waals surface area (Å²) >= 11 is 7.86. The van der Waals surface area contributed by atoms with E-state index in [1.54, 1.807) is 11.8 Å². The van der Waals surface area contributed by atoms with Crippen molar-refractivity contribution in [1.29, 1.82) is 0 Å². The first-order chi connectivity index (χ1) is 8.83. The number of nitrogens with zero attached hydrogens (tertiary/aromatic N) is 2. The summed E-state index contributed by atoms with van der Waals surface area (Å²) < 4.78 is 0. The molecular formula is C13H15Cl2N3S. The molecule has 0 bridgehead atoms. The van der Waals surface area contributed by atoms with Crippen LogP contribution in [0.15, 0.2) is 29.3 Å². The van der Waals surface area contributed by atoms with Gasteiger partial charge in [0.2, 0.25) is 0 Å². The largest absolute Gasteiger partial charge is 0.313 e. The normalized spacial score (nSPS) is 18.5. The molecular weight excluding hydrogens is 301 g/mol. The molecule has 1 aromatic carbocycles. The molecule has 0 saturated carbocycles. The van der Waals surface area contributed by atoms with E-state index in [9.17, 15) is 0 Å². The van der Waals surface area contributed by atoms with Crippen LogP contribution in [0.5, 0.6) is 0 Å². The molecule has 1 aliphatic heterocycles. The third kappa shape index (κ3) is 3.51. The Labute approximate surface area is 128 Å². The summed E-state index contributed by atoms with van der Waals surface area (Å²) in [5.41, 5.74) is 1.76. The first kappa shape index (κ1) is 14.9. The second kappa shape index (κ2) is 6.75. The van der Waals surface area contributed by atoms with E-state index in [1.807, 2.05) is 24.3 Å². The van der Waals surface area contributed by atoms with Gasteiger partial charge in [0.05, 0.1) is 11.0 Å². The van der Waals surface area contributed by atoms with Crippen LogP contribution in [0, 0.1) is 0 Å². The Balaban J connectivity index is 0.00000133. The van der Waals surface area contributed by atoms with Crippen LogP contribution in [0.25, 0.3) is 11.0 Å². The number of halogens is 2. The van der Waals surface area contributed by atoms with Crippen molar-refractivity contribution in [2.75, 3.05) is 12.3 Å². The minimum absolute atomic E-state index is 0. The molecule has 1 aromatic heterocycles. The fourth-order valence-corrected chi connectivity index (χ4v) is 3.40. The maximum Gasteiger partial charge on any atom is 0.161 e. The van der Waals surface area contributed by atoms with Crippen LogP contribution in [0.3, 0.4) is 0 Å². The average Bonchev–Trinajstić information content (AvgIpc) is 2.89. The Morgan fingerprint density at radius 2 is 2.00 bits per heavy atom. The fraction of sp³-hybridized carbons (Fsp3) is 0.385. The molecule has 2 heterocycles. The topological polar surface area (TPSA) is 37.8 Å². The van der Waals surface area contributed by atoms with Gasteiger partial charge in [0.1, 0.15) is 5.03 Å². The van der Waals surface area contributed by atoms with Gasteiger partial charge < -0.3 is 5.32 Å². The first-order valence-corrected chi connectivity index (χ1v) is 7.48. The van der Waals surface area contributed by atoms with Crippen LogP contribution in [-0.2, 0) is 0 Å². The Morgan fingerprint density at radius 1 is 1.26 bits per heavy atom. The Kier molecular flexibility index (Phi) is 5.28. The number of aromatic nitrogens is 2. The fourth-order valence-electron chi connectivity index (χ4n) is 2.13. The summed E-state index contributed by atoms with van der Waals surface area (Å²) in [6.45, 7) is 1.13. The zero-order valence-electron chi connectivity index (χ0n) is 10.3. The predicted octanol–water partition coefficient (Wildman–Crippen LogP) is 3.55. The van der Waals surface area contributed by atoms with Crippen molar-refractivity contribution >= 4 is 46.8 Å². The highest BCUT2D eigenvalue weighted by Crippen LogP contribution is 2.27. The van der Waals surface area contributed by atoms with Gasteiger partial charge >= 0.3 is 0 Å². The molecule has 0 amide bonds. The monoisotopic (exact) mass is 315 g/mol. The van der Waals surface area contributed by atoms with Crippen molar-refractivity contribution in [3.8, 4) is 0 Å². The molecule has 0 spiro atoms. The Bertz CT molecular complexity index is 559. The summed E-state index contributed by atoms with van der Waals surface area (Å²) in [6, 6.07) is 8.40. The van der Waals surface area contributed by atoms with E-state index in [1.165, 1.54) is 12.8 Å². The van der Waals surface area contributed by atoms with Gasteiger partial charge in [-0.3, -0.25) is 0 Å². The highest BCUT2D eigenvalue weighted by atomic mass is 35.5. The van der Waals surface area contributed by atoms with E-state index in [4.69, 9.17) is 11.6 Å². The van der Waals surface area contributed by atoms with Gasteiger partial charge in [0.15, 0.2) is 5.15 Å².